The number of ether oxygens (including phenoxy) is 1. The van der Waals surface area contributed by atoms with Gasteiger partial charge in [0.2, 0.25) is 0 Å². The van der Waals surface area contributed by atoms with Gasteiger partial charge >= 0.3 is 0 Å². The zero-order chi connectivity index (χ0) is 14.5. The number of aromatic nitrogens is 2. The van der Waals surface area contributed by atoms with Crippen molar-refractivity contribution in [2.45, 2.75) is 26.3 Å². The molecule has 0 aliphatic carbocycles. The van der Waals surface area contributed by atoms with E-state index in [2.05, 4.69) is 5.10 Å². The van der Waals surface area contributed by atoms with Gasteiger partial charge in [-0.1, -0.05) is 12.1 Å². The van der Waals surface area contributed by atoms with Crippen LogP contribution in [0.25, 0.3) is 0 Å². The molecule has 0 amide bonds. The molecular formula is C15H19N3O2. The summed E-state index contributed by atoms with van der Waals surface area (Å²) >= 11 is 0. The molecule has 1 aromatic carbocycles. The quantitative estimate of drug-likeness (QED) is 0.647. The van der Waals surface area contributed by atoms with Gasteiger partial charge in [0.1, 0.15) is 5.69 Å². The van der Waals surface area contributed by atoms with E-state index < -0.39 is 0 Å². The third-order valence-electron chi connectivity index (χ3n) is 3.18. The summed E-state index contributed by atoms with van der Waals surface area (Å²) in [6.45, 7) is 2.59. The fraction of sp³-hybridized carbons (Fsp3) is 0.333. The van der Waals surface area contributed by atoms with E-state index in [0.29, 0.717) is 36.5 Å². The standard InChI is InChI=1S/C15H19N3O2/c1-3-18-15(14(20-2)10-17-18)13(19)8-7-11-5-4-6-12(16)9-11/h4-6,9-10H,3,7-8,16H2,1-2H3. The summed E-state index contributed by atoms with van der Waals surface area (Å²) < 4.78 is 6.86. The van der Waals surface area contributed by atoms with E-state index in [9.17, 15) is 4.79 Å². The van der Waals surface area contributed by atoms with Gasteiger partial charge in [-0.2, -0.15) is 5.10 Å². The molecule has 0 bridgehead atoms. The molecule has 106 valence electrons. The van der Waals surface area contributed by atoms with E-state index >= 15 is 0 Å². The molecule has 2 aromatic rings. The largest absolute Gasteiger partial charge is 0.493 e. The van der Waals surface area contributed by atoms with Crippen LogP contribution in [0.1, 0.15) is 29.4 Å². The molecule has 2 N–H and O–H groups in total. The Hall–Kier alpha value is -2.30. The van der Waals surface area contributed by atoms with Crippen molar-refractivity contribution in [1.82, 2.24) is 9.78 Å². The number of rotatable bonds is 6. The molecule has 0 saturated carbocycles. The van der Waals surface area contributed by atoms with Gasteiger partial charge in [0, 0.05) is 18.7 Å². The van der Waals surface area contributed by atoms with Gasteiger partial charge in [-0.25, -0.2) is 0 Å². The van der Waals surface area contributed by atoms with Gasteiger partial charge in [0.25, 0.3) is 0 Å². The zero-order valence-corrected chi connectivity index (χ0v) is 11.8. The van der Waals surface area contributed by atoms with Crippen LogP contribution in [0.2, 0.25) is 0 Å². The highest BCUT2D eigenvalue weighted by atomic mass is 16.5. The lowest BCUT2D eigenvalue weighted by atomic mass is 10.1. The van der Waals surface area contributed by atoms with E-state index in [1.165, 1.54) is 0 Å². The number of ketones is 1. The van der Waals surface area contributed by atoms with Crippen molar-refractivity contribution in [1.29, 1.82) is 0 Å². The Morgan fingerprint density at radius 2 is 2.25 bits per heavy atom. The molecule has 5 nitrogen and oxygen atoms in total. The average Bonchev–Trinajstić information content (AvgIpc) is 2.88. The first-order valence-electron chi connectivity index (χ1n) is 6.63. The van der Waals surface area contributed by atoms with Gasteiger partial charge in [-0.05, 0) is 31.0 Å². The second-order valence-corrected chi connectivity index (χ2v) is 4.55. The second-order valence-electron chi connectivity index (χ2n) is 4.55. The zero-order valence-electron chi connectivity index (χ0n) is 11.8. The molecule has 0 unspecified atom stereocenters. The molecule has 0 radical (unpaired) electrons. The van der Waals surface area contributed by atoms with Gasteiger partial charge in [0.05, 0.1) is 13.3 Å². The number of Topliss-reactive ketones (excluding diaryl/α,β-unsaturated/α-hetero) is 1. The molecule has 0 saturated heterocycles. The van der Waals surface area contributed by atoms with Crippen LogP contribution < -0.4 is 10.5 Å². The molecule has 0 aliphatic heterocycles. The average molecular weight is 273 g/mol. The number of nitrogen functional groups attached to an aromatic ring is 1. The fourth-order valence-corrected chi connectivity index (χ4v) is 2.16. The SMILES string of the molecule is CCn1ncc(OC)c1C(=O)CCc1cccc(N)c1. The molecule has 0 fully saturated rings. The highest BCUT2D eigenvalue weighted by Gasteiger charge is 2.18. The van der Waals surface area contributed by atoms with Crippen LogP contribution in [0.15, 0.2) is 30.5 Å². The monoisotopic (exact) mass is 273 g/mol. The molecule has 0 aliphatic rings. The predicted molar refractivity (Wildman–Crippen MR) is 78.0 cm³/mol. The Bertz CT molecular complexity index is 583. The Morgan fingerprint density at radius 3 is 2.90 bits per heavy atom. The Kier molecular flexibility index (Phi) is 4.40. The van der Waals surface area contributed by atoms with Crippen molar-refractivity contribution < 1.29 is 9.53 Å². The van der Waals surface area contributed by atoms with Crippen LogP contribution in [-0.4, -0.2) is 22.7 Å². The summed E-state index contributed by atoms with van der Waals surface area (Å²) in [5.41, 5.74) is 8.04. The van der Waals surface area contributed by atoms with Crippen LogP contribution >= 0.6 is 0 Å². The number of carbonyl (C=O) groups is 1. The van der Waals surface area contributed by atoms with Gasteiger partial charge in [0.15, 0.2) is 11.5 Å². The summed E-state index contributed by atoms with van der Waals surface area (Å²) in [5.74, 6) is 0.563. The lowest BCUT2D eigenvalue weighted by molar-refractivity contribution is 0.0969. The normalized spacial score (nSPS) is 10.5. The number of carbonyl (C=O) groups excluding carboxylic acids is 1. The van der Waals surface area contributed by atoms with Crippen molar-refractivity contribution >= 4 is 11.5 Å². The smallest absolute Gasteiger partial charge is 0.185 e. The highest BCUT2D eigenvalue weighted by molar-refractivity contribution is 5.97. The second kappa shape index (κ2) is 6.23. The minimum Gasteiger partial charge on any atom is -0.493 e. The molecule has 2 rings (SSSR count). The number of nitrogens with zero attached hydrogens (tertiary/aromatic N) is 2. The molecule has 0 spiro atoms. The van der Waals surface area contributed by atoms with Crippen molar-refractivity contribution in [3.05, 3.63) is 41.7 Å². The molecule has 1 aromatic heterocycles. The van der Waals surface area contributed by atoms with Crippen molar-refractivity contribution in [2.24, 2.45) is 0 Å². The maximum atomic E-state index is 12.4. The fourth-order valence-electron chi connectivity index (χ4n) is 2.16. The van der Waals surface area contributed by atoms with Crippen LogP contribution in [0.4, 0.5) is 5.69 Å². The molecule has 20 heavy (non-hydrogen) atoms. The van der Waals surface area contributed by atoms with Crippen molar-refractivity contribution in [2.75, 3.05) is 12.8 Å². The number of benzene rings is 1. The van der Waals surface area contributed by atoms with Gasteiger partial charge in [-0.15, -0.1) is 0 Å². The first-order valence-corrected chi connectivity index (χ1v) is 6.63. The third kappa shape index (κ3) is 2.99. The summed E-state index contributed by atoms with van der Waals surface area (Å²) in [6, 6.07) is 7.59. The van der Waals surface area contributed by atoms with Crippen LogP contribution in [-0.2, 0) is 13.0 Å². The summed E-state index contributed by atoms with van der Waals surface area (Å²) in [4.78, 5) is 12.4. The van der Waals surface area contributed by atoms with E-state index in [0.717, 1.165) is 5.56 Å². The number of anilines is 1. The number of hydrogen-bond donors (Lipinski definition) is 1. The molecule has 5 heteroatoms. The molecule has 0 atom stereocenters. The summed E-state index contributed by atoms with van der Waals surface area (Å²) in [7, 11) is 1.55. The minimum atomic E-state index is 0.0311. The Labute approximate surface area is 118 Å². The third-order valence-corrected chi connectivity index (χ3v) is 3.18. The first kappa shape index (κ1) is 14.1. The van der Waals surface area contributed by atoms with E-state index in [1.807, 2.05) is 31.2 Å². The lowest BCUT2D eigenvalue weighted by Gasteiger charge is -2.07. The molecular weight excluding hydrogens is 254 g/mol. The number of nitrogens with two attached hydrogens (primary N) is 1. The highest BCUT2D eigenvalue weighted by Crippen LogP contribution is 2.20. The Balaban J connectivity index is 2.10. The lowest BCUT2D eigenvalue weighted by Crippen LogP contribution is -2.11. The van der Waals surface area contributed by atoms with Crippen LogP contribution in [0.3, 0.4) is 0 Å². The molecule has 1 heterocycles. The van der Waals surface area contributed by atoms with E-state index in [-0.39, 0.29) is 5.78 Å². The summed E-state index contributed by atoms with van der Waals surface area (Å²) in [5, 5.41) is 4.15. The van der Waals surface area contributed by atoms with E-state index in [4.69, 9.17) is 10.5 Å². The Morgan fingerprint density at radius 1 is 1.45 bits per heavy atom. The van der Waals surface area contributed by atoms with Crippen molar-refractivity contribution in [3.8, 4) is 5.75 Å². The van der Waals surface area contributed by atoms with Crippen LogP contribution in [0.5, 0.6) is 5.75 Å². The predicted octanol–water partition coefficient (Wildman–Crippen LogP) is 2.31. The topological polar surface area (TPSA) is 70.1 Å². The number of hydrogen-bond acceptors (Lipinski definition) is 4. The first-order chi connectivity index (χ1) is 9.65. The maximum absolute atomic E-state index is 12.4. The van der Waals surface area contributed by atoms with Gasteiger partial charge in [-0.3, -0.25) is 9.48 Å². The minimum absolute atomic E-state index is 0.0311. The number of methoxy groups -OCH3 is 1. The maximum Gasteiger partial charge on any atom is 0.185 e. The summed E-state index contributed by atoms with van der Waals surface area (Å²) in [6.07, 6.45) is 2.64. The van der Waals surface area contributed by atoms with Crippen molar-refractivity contribution in [3.63, 3.8) is 0 Å². The van der Waals surface area contributed by atoms with Crippen LogP contribution in [0, 0.1) is 0 Å². The van der Waals surface area contributed by atoms with Gasteiger partial charge < -0.3 is 10.5 Å². The number of aryl methyl sites for hydroxylation is 2. The van der Waals surface area contributed by atoms with E-state index in [1.54, 1.807) is 18.0 Å².